The average Bonchev–Trinajstić information content (AvgIpc) is 3.60. The second kappa shape index (κ2) is 11.6. The summed E-state index contributed by atoms with van der Waals surface area (Å²) >= 11 is 0. The Bertz CT molecular complexity index is 2890. The number of para-hydroxylation sites is 1. The zero-order valence-electron chi connectivity index (χ0n) is 27.5. The van der Waals surface area contributed by atoms with Crippen LogP contribution in [0.1, 0.15) is 0 Å². The lowest BCUT2D eigenvalue weighted by Crippen LogP contribution is -2.26. The van der Waals surface area contributed by atoms with Crippen LogP contribution in [-0.4, -0.2) is 14.4 Å². The molecule has 3 aromatic heterocycles. The van der Waals surface area contributed by atoms with Crippen molar-refractivity contribution in [3.05, 3.63) is 182 Å². The highest BCUT2D eigenvalue weighted by molar-refractivity contribution is 7.86. The smallest absolute Gasteiger partial charge is 0.172 e. The van der Waals surface area contributed by atoms with Crippen LogP contribution in [0.15, 0.2) is 182 Å². The van der Waals surface area contributed by atoms with Crippen LogP contribution < -0.4 is 15.9 Å². The second-order valence-corrected chi connectivity index (χ2v) is 15.6. The molecule has 0 fully saturated rings. The molecule has 240 valence electrons. The molecule has 5 heteroatoms. The fourth-order valence-electron chi connectivity index (χ4n) is 7.79. The number of pyridine rings is 2. The third-order valence-corrected chi connectivity index (χ3v) is 13.2. The van der Waals surface area contributed by atoms with Crippen LogP contribution in [0, 0.1) is 0 Å². The van der Waals surface area contributed by atoms with Gasteiger partial charge in [-0.2, -0.15) is 0 Å². The monoisotopic (exact) mass is 671 g/mol. The molecule has 3 heterocycles. The maximum Gasteiger partial charge on any atom is 0.172 e. The minimum absolute atomic E-state index is 0.824. The first kappa shape index (κ1) is 29.6. The van der Waals surface area contributed by atoms with Gasteiger partial charge in [0.15, 0.2) is 7.14 Å². The Hall–Kier alpha value is -6.35. The van der Waals surface area contributed by atoms with Gasteiger partial charge in [0.2, 0.25) is 0 Å². The Kier molecular flexibility index (Phi) is 6.74. The largest absolute Gasteiger partial charge is 0.309 e. The highest BCUT2D eigenvalue weighted by atomic mass is 31.2. The number of imidazole rings is 1. The van der Waals surface area contributed by atoms with Gasteiger partial charge in [0.05, 0.1) is 16.7 Å². The average molecular weight is 672 g/mol. The highest BCUT2D eigenvalue weighted by Gasteiger charge is 2.34. The maximum atomic E-state index is 16.0. The van der Waals surface area contributed by atoms with Gasteiger partial charge in [0.1, 0.15) is 11.2 Å². The van der Waals surface area contributed by atoms with E-state index < -0.39 is 7.14 Å². The lowest BCUT2D eigenvalue weighted by Gasteiger charge is -2.25. The van der Waals surface area contributed by atoms with Crippen molar-refractivity contribution in [2.75, 3.05) is 0 Å². The van der Waals surface area contributed by atoms with Crippen LogP contribution in [0.3, 0.4) is 0 Å². The van der Waals surface area contributed by atoms with E-state index in [0.717, 1.165) is 87.4 Å². The third-order valence-electron chi connectivity index (χ3n) is 10.1. The van der Waals surface area contributed by atoms with E-state index in [-0.39, 0.29) is 0 Å². The predicted molar refractivity (Wildman–Crippen MR) is 213 cm³/mol. The number of aromatic nitrogens is 3. The molecular weight excluding hydrogens is 642 g/mol. The van der Waals surface area contributed by atoms with Crippen molar-refractivity contribution in [1.29, 1.82) is 0 Å². The lowest BCUT2D eigenvalue weighted by molar-refractivity contribution is 0.593. The molecule has 0 saturated heterocycles. The molecule has 0 spiro atoms. The summed E-state index contributed by atoms with van der Waals surface area (Å²) in [5.41, 5.74) is 7.87. The van der Waals surface area contributed by atoms with Gasteiger partial charge in [-0.25, -0.2) is 9.97 Å². The Morgan fingerprint density at radius 1 is 0.451 bits per heavy atom. The molecule has 0 aliphatic rings. The maximum absolute atomic E-state index is 16.0. The summed E-state index contributed by atoms with van der Waals surface area (Å²) in [6.07, 6.45) is 2.06. The quantitative estimate of drug-likeness (QED) is 0.135. The summed E-state index contributed by atoms with van der Waals surface area (Å²) < 4.78 is 18.1. The molecule has 7 aromatic carbocycles. The number of fused-ring (bicyclic) bond motifs is 7. The summed E-state index contributed by atoms with van der Waals surface area (Å²) in [5.74, 6) is 0. The third kappa shape index (κ3) is 4.50. The van der Waals surface area contributed by atoms with Crippen LogP contribution in [0.25, 0.3) is 71.5 Å². The number of benzene rings is 7. The minimum atomic E-state index is -3.30. The standard InChI is InChI=1S/C46H30N3OP/c50-51(33-15-3-1-4-16-33,34-17-5-2-6-18-34)46-37-21-9-7-19-35(37)42(36-20-8-10-22-38(36)46)31-26-28-32(29-27-31)43-45-44(39-23-11-12-24-40(39)47-43)48-41-25-13-14-30-49(41)45/h1-30H. The van der Waals surface area contributed by atoms with Crippen LogP contribution in [0.2, 0.25) is 0 Å². The van der Waals surface area contributed by atoms with Crippen LogP contribution in [-0.2, 0) is 4.57 Å². The van der Waals surface area contributed by atoms with Gasteiger partial charge in [-0.15, -0.1) is 0 Å². The predicted octanol–water partition coefficient (Wildman–Crippen LogP) is 10.3. The first-order chi connectivity index (χ1) is 25.2. The van der Waals surface area contributed by atoms with Gasteiger partial charge in [-0.3, -0.25) is 4.40 Å². The van der Waals surface area contributed by atoms with E-state index >= 15 is 4.57 Å². The van der Waals surface area contributed by atoms with Crippen molar-refractivity contribution in [1.82, 2.24) is 14.4 Å². The zero-order valence-corrected chi connectivity index (χ0v) is 28.4. The van der Waals surface area contributed by atoms with Crippen molar-refractivity contribution in [3.8, 4) is 22.4 Å². The molecule has 0 aliphatic carbocycles. The zero-order chi connectivity index (χ0) is 33.9. The lowest BCUT2D eigenvalue weighted by atomic mass is 9.91. The van der Waals surface area contributed by atoms with Crippen molar-refractivity contribution >= 4 is 72.2 Å². The van der Waals surface area contributed by atoms with Gasteiger partial charge in [0.25, 0.3) is 0 Å². The molecule has 0 bridgehead atoms. The molecule has 10 rings (SSSR count). The Morgan fingerprint density at radius 2 is 0.961 bits per heavy atom. The van der Waals surface area contributed by atoms with E-state index in [4.69, 9.17) is 9.97 Å². The van der Waals surface area contributed by atoms with E-state index in [1.54, 1.807) is 0 Å². The molecule has 0 N–H and O–H groups in total. The SMILES string of the molecule is O=P(c1ccccc1)(c1ccccc1)c1c2ccccc2c(-c2ccc(-c3nc4ccccc4c4nc5ccccn5c34)cc2)c2ccccc12. The molecule has 0 atom stereocenters. The van der Waals surface area contributed by atoms with Gasteiger partial charge in [-0.1, -0.05) is 158 Å². The van der Waals surface area contributed by atoms with Crippen molar-refractivity contribution in [2.45, 2.75) is 0 Å². The topological polar surface area (TPSA) is 47.3 Å². The first-order valence-corrected chi connectivity index (χ1v) is 18.8. The second-order valence-electron chi connectivity index (χ2n) is 12.9. The Balaban J connectivity index is 1.22. The van der Waals surface area contributed by atoms with Gasteiger partial charge < -0.3 is 4.57 Å². The van der Waals surface area contributed by atoms with E-state index in [0.29, 0.717) is 0 Å². The summed E-state index contributed by atoms with van der Waals surface area (Å²) in [6, 6.07) is 59.8. The Labute approximate surface area is 294 Å². The molecule has 0 aliphatic heterocycles. The molecular formula is C46H30N3OP. The van der Waals surface area contributed by atoms with Crippen LogP contribution in [0.4, 0.5) is 0 Å². The molecule has 0 amide bonds. The highest BCUT2D eigenvalue weighted by Crippen LogP contribution is 2.49. The van der Waals surface area contributed by atoms with E-state index in [1.807, 2.05) is 91.0 Å². The normalized spacial score (nSPS) is 12.0. The van der Waals surface area contributed by atoms with Crippen molar-refractivity contribution in [3.63, 3.8) is 0 Å². The molecule has 0 unspecified atom stereocenters. The number of nitrogens with zero attached hydrogens (tertiary/aromatic N) is 3. The van der Waals surface area contributed by atoms with Crippen LogP contribution in [0.5, 0.6) is 0 Å². The van der Waals surface area contributed by atoms with Crippen LogP contribution >= 0.6 is 7.14 Å². The Morgan fingerprint density at radius 3 is 1.59 bits per heavy atom. The summed E-state index contributed by atoms with van der Waals surface area (Å²) in [5, 5.41) is 7.69. The molecule has 0 saturated carbocycles. The fourth-order valence-corrected chi connectivity index (χ4v) is 10.9. The van der Waals surface area contributed by atoms with Crippen molar-refractivity contribution < 1.29 is 4.57 Å². The van der Waals surface area contributed by atoms with E-state index in [9.17, 15) is 0 Å². The molecule has 0 radical (unpaired) electrons. The summed E-state index contributed by atoms with van der Waals surface area (Å²) in [7, 11) is -3.30. The fraction of sp³-hybridized carbons (Fsp3) is 0. The van der Waals surface area contributed by atoms with Gasteiger partial charge in [-0.05, 0) is 50.9 Å². The summed E-state index contributed by atoms with van der Waals surface area (Å²) in [4.78, 5) is 10.2. The molecule has 10 aromatic rings. The first-order valence-electron chi connectivity index (χ1n) is 17.1. The van der Waals surface area contributed by atoms with Gasteiger partial charge in [0, 0.05) is 33.1 Å². The minimum Gasteiger partial charge on any atom is -0.309 e. The van der Waals surface area contributed by atoms with E-state index in [1.165, 1.54) is 0 Å². The molecule has 4 nitrogen and oxygen atoms in total. The molecule has 51 heavy (non-hydrogen) atoms. The van der Waals surface area contributed by atoms with Gasteiger partial charge >= 0.3 is 0 Å². The number of rotatable bonds is 5. The number of hydrogen-bond donors (Lipinski definition) is 0. The summed E-state index contributed by atoms with van der Waals surface area (Å²) in [6.45, 7) is 0. The van der Waals surface area contributed by atoms with Crippen molar-refractivity contribution in [2.24, 2.45) is 0 Å². The number of hydrogen-bond acceptors (Lipinski definition) is 3. The van der Waals surface area contributed by atoms with E-state index in [2.05, 4.69) is 95.5 Å².